The van der Waals surface area contributed by atoms with Gasteiger partial charge in [-0.05, 0) is 63.5 Å². The zero-order chi connectivity index (χ0) is 19.8. The molecule has 0 aliphatic heterocycles. The minimum absolute atomic E-state index is 0.0853. The Balaban J connectivity index is 1.55. The summed E-state index contributed by atoms with van der Waals surface area (Å²) in [6.45, 7) is 3.96. The Morgan fingerprint density at radius 1 is 0.964 bits per heavy atom. The molecule has 0 saturated carbocycles. The maximum atomic E-state index is 12.1. The van der Waals surface area contributed by atoms with Crippen molar-refractivity contribution in [3.8, 4) is 22.6 Å². The molecule has 1 N–H and O–H groups in total. The van der Waals surface area contributed by atoms with Gasteiger partial charge in [0.25, 0.3) is 5.91 Å². The molecule has 142 valence electrons. The number of rotatable bonds is 8. The molecule has 3 rings (SSSR count). The molecule has 0 saturated heterocycles. The lowest BCUT2D eigenvalue weighted by molar-refractivity contribution is -0.118. The molecule has 0 unspecified atom stereocenters. The summed E-state index contributed by atoms with van der Waals surface area (Å²) in [5.74, 6) is 1.10. The summed E-state index contributed by atoms with van der Waals surface area (Å²) < 4.78 is 11.9. The molecule has 0 atom stereocenters. The largest absolute Gasteiger partial charge is 0.490 e. The van der Waals surface area contributed by atoms with Crippen molar-refractivity contribution in [2.45, 2.75) is 0 Å². The van der Waals surface area contributed by atoms with Gasteiger partial charge in [0.15, 0.2) is 6.61 Å². The van der Waals surface area contributed by atoms with Gasteiger partial charge in [0.2, 0.25) is 0 Å². The van der Waals surface area contributed by atoms with E-state index in [-0.39, 0.29) is 12.5 Å². The highest BCUT2D eigenvalue weighted by molar-refractivity contribution is 9.10. The maximum Gasteiger partial charge on any atom is 0.262 e. The van der Waals surface area contributed by atoms with E-state index in [1.54, 1.807) is 30.3 Å². The number of halogens is 1. The molecule has 0 radical (unpaired) electrons. The molecule has 0 spiro atoms. The third-order valence-electron chi connectivity index (χ3n) is 3.90. The zero-order valence-corrected chi connectivity index (χ0v) is 16.8. The van der Waals surface area contributed by atoms with E-state index in [1.165, 1.54) is 0 Å². The molecule has 4 nitrogen and oxygen atoms in total. The van der Waals surface area contributed by atoms with Crippen LogP contribution in [0.3, 0.4) is 0 Å². The van der Waals surface area contributed by atoms with Gasteiger partial charge >= 0.3 is 0 Å². The molecule has 0 aromatic heterocycles. The number of nitrogens with one attached hydrogen (secondary N) is 1. The zero-order valence-electron chi connectivity index (χ0n) is 15.2. The number of amides is 1. The molecular weight excluding hydrogens is 418 g/mol. The second-order valence-electron chi connectivity index (χ2n) is 5.97. The van der Waals surface area contributed by atoms with E-state index in [1.807, 2.05) is 48.5 Å². The SMILES string of the molecule is C=CCOc1ccc(NC(=O)COc2ccc(-c3ccccc3)cc2Br)cc1. The van der Waals surface area contributed by atoms with E-state index in [0.717, 1.165) is 21.3 Å². The van der Waals surface area contributed by atoms with Crippen LogP contribution in [0.1, 0.15) is 0 Å². The van der Waals surface area contributed by atoms with Crippen LogP contribution in [-0.4, -0.2) is 19.1 Å². The van der Waals surface area contributed by atoms with Gasteiger partial charge in [0.05, 0.1) is 4.47 Å². The lowest BCUT2D eigenvalue weighted by atomic mass is 10.1. The molecule has 3 aromatic rings. The Bertz CT molecular complexity index is 940. The van der Waals surface area contributed by atoms with E-state index >= 15 is 0 Å². The fraction of sp³-hybridized carbons (Fsp3) is 0.0870. The third-order valence-corrected chi connectivity index (χ3v) is 4.52. The Labute approximate surface area is 172 Å². The summed E-state index contributed by atoms with van der Waals surface area (Å²) in [6, 6.07) is 23.0. The smallest absolute Gasteiger partial charge is 0.262 e. The molecule has 0 aliphatic rings. The van der Waals surface area contributed by atoms with Crippen molar-refractivity contribution in [1.82, 2.24) is 0 Å². The maximum absolute atomic E-state index is 12.1. The van der Waals surface area contributed by atoms with Gasteiger partial charge in [-0.2, -0.15) is 0 Å². The summed E-state index contributed by atoms with van der Waals surface area (Å²) in [5.41, 5.74) is 2.87. The first-order valence-electron chi connectivity index (χ1n) is 8.77. The first kappa shape index (κ1) is 19.7. The molecule has 0 fully saturated rings. The fourth-order valence-electron chi connectivity index (χ4n) is 2.56. The standard InChI is InChI=1S/C23H20BrNO3/c1-2-14-27-20-11-9-19(10-12-20)25-23(26)16-28-22-13-8-18(15-21(22)24)17-6-4-3-5-7-17/h2-13,15H,1,14,16H2,(H,25,26). The van der Waals surface area contributed by atoms with Crippen LogP contribution in [-0.2, 0) is 4.79 Å². The fourth-order valence-corrected chi connectivity index (χ4v) is 3.05. The normalized spacial score (nSPS) is 10.2. The number of carbonyl (C=O) groups excluding carboxylic acids is 1. The summed E-state index contributed by atoms with van der Waals surface area (Å²) >= 11 is 3.51. The van der Waals surface area contributed by atoms with Crippen LogP contribution in [0.5, 0.6) is 11.5 Å². The number of anilines is 1. The molecule has 0 aliphatic carbocycles. The quantitative estimate of drug-likeness (QED) is 0.459. The summed E-state index contributed by atoms with van der Waals surface area (Å²) in [7, 11) is 0. The van der Waals surface area contributed by atoms with Crippen LogP contribution in [0.15, 0.2) is 89.9 Å². The van der Waals surface area contributed by atoms with Gasteiger partial charge in [-0.3, -0.25) is 4.79 Å². The number of hydrogen-bond acceptors (Lipinski definition) is 3. The second kappa shape index (κ2) is 9.76. The molecular formula is C23H20BrNO3. The Morgan fingerprint density at radius 3 is 2.39 bits per heavy atom. The highest BCUT2D eigenvalue weighted by Gasteiger charge is 2.08. The first-order chi connectivity index (χ1) is 13.7. The predicted octanol–water partition coefficient (Wildman–Crippen LogP) is 5.70. The Hall–Kier alpha value is -3.05. The Kier molecular flexibility index (Phi) is 6.87. The molecule has 3 aromatic carbocycles. The van der Waals surface area contributed by atoms with Gasteiger partial charge in [-0.25, -0.2) is 0 Å². The van der Waals surface area contributed by atoms with Crippen molar-refractivity contribution in [1.29, 1.82) is 0 Å². The van der Waals surface area contributed by atoms with Crippen molar-refractivity contribution in [2.75, 3.05) is 18.5 Å². The van der Waals surface area contributed by atoms with Crippen LogP contribution in [0, 0.1) is 0 Å². The first-order valence-corrected chi connectivity index (χ1v) is 9.56. The van der Waals surface area contributed by atoms with E-state index in [2.05, 4.69) is 27.8 Å². The minimum Gasteiger partial charge on any atom is -0.490 e. The van der Waals surface area contributed by atoms with Crippen molar-refractivity contribution < 1.29 is 14.3 Å². The van der Waals surface area contributed by atoms with Crippen molar-refractivity contribution in [3.05, 3.63) is 89.9 Å². The molecule has 0 heterocycles. The van der Waals surface area contributed by atoms with Gasteiger partial charge in [0.1, 0.15) is 18.1 Å². The lowest BCUT2D eigenvalue weighted by Gasteiger charge is -2.11. The van der Waals surface area contributed by atoms with Crippen molar-refractivity contribution in [3.63, 3.8) is 0 Å². The summed E-state index contributed by atoms with van der Waals surface area (Å²) in [5, 5.41) is 2.80. The molecule has 1 amide bonds. The van der Waals surface area contributed by atoms with Gasteiger partial charge in [-0.15, -0.1) is 0 Å². The van der Waals surface area contributed by atoms with E-state index in [0.29, 0.717) is 18.0 Å². The summed E-state index contributed by atoms with van der Waals surface area (Å²) in [4.78, 5) is 12.1. The average molecular weight is 438 g/mol. The predicted molar refractivity (Wildman–Crippen MR) is 116 cm³/mol. The van der Waals surface area contributed by atoms with Crippen LogP contribution in [0.4, 0.5) is 5.69 Å². The van der Waals surface area contributed by atoms with E-state index in [9.17, 15) is 4.79 Å². The highest BCUT2D eigenvalue weighted by Crippen LogP contribution is 2.30. The average Bonchev–Trinajstić information content (AvgIpc) is 2.73. The van der Waals surface area contributed by atoms with Crippen LogP contribution >= 0.6 is 15.9 Å². The third kappa shape index (κ3) is 5.47. The van der Waals surface area contributed by atoms with E-state index in [4.69, 9.17) is 9.47 Å². The number of benzene rings is 3. The van der Waals surface area contributed by atoms with Crippen molar-refractivity contribution >= 4 is 27.5 Å². The number of ether oxygens (including phenoxy) is 2. The van der Waals surface area contributed by atoms with Gasteiger partial charge < -0.3 is 14.8 Å². The molecule has 28 heavy (non-hydrogen) atoms. The highest BCUT2D eigenvalue weighted by atomic mass is 79.9. The van der Waals surface area contributed by atoms with Crippen LogP contribution in [0.25, 0.3) is 11.1 Å². The molecule has 5 heteroatoms. The lowest BCUT2D eigenvalue weighted by Crippen LogP contribution is -2.20. The van der Waals surface area contributed by atoms with Gasteiger partial charge in [-0.1, -0.05) is 49.1 Å². The van der Waals surface area contributed by atoms with E-state index < -0.39 is 0 Å². The van der Waals surface area contributed by atoms with Gasteiger partial charge in [0, 0.05) is 5.69 Å². The monoisotopic (exact) mass is 437 g/mol. The number of hydrogen-bond donors (Lipinski definition) is 1. The topological polar surface area (TPSA) is 47.6 Å². The summed E-state index contributed by atoms with van der Waals surface area (Å²) in [6.07, 6.45) is 1.68. The number of carbonyl (C=O) groups is 1. The van der Waals surface area contributed by atoms with Crippen LogP contribution in [0.2, 0.25) is 0 Å². The minimum atomic E-state index is -0.237. The van der Waals surface area contributed by atoms with Crippen molar-refractivity contribution in [2.24, 2.45) is 0 Å². The Morgan fingerprint density at radius 2 is 1.71 bits per heavy atom. The van der Waals surface area contributed by atoms with Crippen LogP contribution < -0.4 is 14.8 Å². The molecule has 0 bridgehead atoms. The second-order valence-corrected chi connectivity index (χ2v) is 6.83.